The number of carbonyl (C=O) groups is 1. The summed E-state index contributed by atoms with van der Waals surface area (Å²) >= 11 is 5.70. The minimum atomic E-state index is -0.965. The van der Waals surface area contributed by atoms with Crippen LogP contribution in [0.3, 0.4) is 0 Å². The Morgan fingerprint density at radius 2 is 2.44 bits per heavy atom. The van der Waals surface area contributed by atoms with E-state index < -0.39 is 5.60 Å². The smallest absolute Gasteiger partial charge is 0.343 e. The van der Waals surface area contributed by atoms with Crippen molar-refractivity contribution in [3.05, 3.63) is 29.0 Å². The zero-order valence-corrected chi connectivity index (χ0v) is 9.66. The lowest BCUT2D eigenvalue weighted by Gasteiger charge is -2.39. The molecule has 86 valence electrons. The zero-order valence-electron chi connectivity index (χ0n) is 8.90. The number of esters is 1. The Morgan fingerprint density at radius 1 is 1.69 bits per heavy atom. The molecule has 1 saturated heterocycles. The number of rotatable bonds is 3. The molecule has 2 heterocycles. The fraction of sp³-hybridized carbons (Fsp3) is 0.455. The first-order valence-electron chi connectivity index (χ1n) is 5.12. The molecule has 2 rings (SSSR count). The van der Waals surface area contributed by atoms with E-state index in [1.54, 1.807) is 25.3 Å². The van der Waals surface area contributed by atoms with Gasteiger partial charge in [0.2, 0.25) is 0 Å². The van der Waals surface area contributed by atoms with Crippen molar-refractivity contribution in [1.29, 1.82) is 0 Å². The highest BCUT2D eigenvalue weighted by molar-refractivity contribution is 6.29. The van der Waals surface area contributed by atoms with Gasteiger partial charge >= 0.3 is 5.97 Å². The Morgan fingerprint density at radius 3 is 2.88 bits per heavy atom. The highest BCUT2D eigenvalue weighted by Crippen LogP contribution is 2.38. The van der Waals surface area contributed by atoms with Gasteiger partial charge in [-0.15, -0.1) is 0 Å². The first kappa shape index (κ1) is 11.4. The third-order valence-electron chi connectivity index (χ3n) is 2.60. The third-order valence-corrected chi connectivity index (χ3v) is 2.83. The van der Waals surface area contributed by atoms with Crippen molar-refractivity contribution in [2.45, 2.75) is 18.9 Å². The molecule has 0 N–H and O–H groups in total. The van der Waals surface area contributed by atoms with Gasteiger partial charge in [0.25, 0.3) is 0 Å². The number of halogens is 1. The molecule has 0 aliphatic carbocycles. The molecule has 1 atom stereocenters. The lowest BCUT2D eigenvalue weighted by Crippen LogP contribution is -2.49. The summed E-state index contributed by atoms with van der Waals surface area (Å²) in [5.41, 5.74) is -0.269. The number of pyridine rings is 1. The van der Waals surface area contributed by atoms with E-state index in [-0.39, 0.29) is 5.97 Å². The summed E-state index contributed by atoms with van der Waals surface area (Å²) < 4.78 is 10.4. The number of aromatic nitrogens is 1. The molecule has 0 spiro atoms. The summed E-state index contributed by atoms with van der Waals surface area (Å²) in [6.07, 6.45) is 2.17. The second-order valence-corrected chi connectivity index (χ2v) is 3.90. The largest absolute Gasteiger partial charge is 0.464 e. The van der Waals surface area contributed by atoms with Gasteiger partial charge < -0.3 is 9.47 Å². The summed E-state index contributed by atoms with van der Waals surface area (Å²) in [7, 11) is 0. The molecule has 1 unspecified atom stereocenters. The van der Waals surface area contributed by atoms with Gasteiger partial charge in [-0.2, -0.15) is 0 Å². The molecule has 0 bridgehead atoms. The molecule has 1 aliphatic rings. The number of nitrogens with zero attached hydrogens (tertiary/aromatic N) is 1. The molecule has 0 saturated carbocycles. The maximum absolute atomic E-state index is 11.8. The van der Waals surface area contributed by atoms with Crippen molar-refractivity contribution in [3.63, 3.8) is 0 Å². The summed E-state index contributed by atoms with van der Waals surface area (Å²) in [6, 6.07) is 3.38. The lowest BCUT2D eigenvalue weighted by atomic mass is 9.87. The number of hydrogen-bond acceptors (Lipinski definition) is 4. The summed E-state index contributed by atoms with van der Waals surface area (Å²) in [4.78, 5) is 15.8. The van der Waals surface area contributed by atoms with Crippen LogP contribution in [0.1, 0.15) is 18.9 Å². The van der Waals surface area contributed by atoms with E-state index in [1.807, 2.05) is 0 Å². The van der Waals surface area contributed by atoms with Crippen molar-refractivity contribution in [2.24, 2.45) is 0 Å². The van der Waals surface area contributed by atoms with Gasteiger partial charge in [0.05, 0.1) is 13.2 Å². The highest BCUT2D eigenvalue weighted by atomic mass is 35.5. The Labute approximate surface area is 98.5 Å². The zero-order chi connectivity index (χ0) is 11.6. The van der Waals surface area contributed by atoms with E-state index in [1.165, 1.54) is 0 Å². The third kappa shape index (κ3) is 1.79. The van der Waals surface area contributed by atoms with Gasteiger partial charge in [0.15, 0.2) is 5.60 Å². The molecule has 16 heavy (non-hydrogen) atoms. The van der Waals surface area contributed by atoms with Crippen molar-refractivity contribution in [1.82, 2.24) is 4.98 Å². The minimum absolute atomic E-state index is 0.338. The van der Waals surface area contributed by atoms with Gasteiger partial charge in [-0.25, -0.2) is 9.78 Å². The van der Waals surface area contributed by atoms with Crippen LogP contribution in [-0.2, 0) is 19.9 Å². The monoisotopic (exact) mass is 241 g/mol. The fourth-order valence-corrected chi connectivity index (χ4v) is 1.79. The van der Waals surface area contributed by atoms with Gasteiger partial charge in [0, 0.05) is 18.2 Å². The second-order valence-electron chi connectivity index (χ2n) is 3.52. The van der Waals surface area contributed by atoms with Crippen molar-refractivity contribution in [2.75, 3.05) is 13.2 Å². The average molecular weight is 242 g/mol. The predicted molar refractivity (Wildman–Crippen MR) is 58.1 cm³/mol. The Balaban J connectivity index is 2.27. The van der Waals surface area contributed by atoms with Crippen LogP contribution in [0.15, 0.2) is 18.3 Å². The Hall–Kier alpha value is -1.13. The van der Waals surface area contributed by atoms with E-state index in [0.29, 0.717) is 30.4 Å². The SMILES string of the molecule is CCOC(=O)C1(c2ccc(Cl)nc2)CCO1. The van der Waals surface area contributed by atoms with Crippen LogP contribution in [0.2, 0.25) is 5.15 Å². The maximum atomic E-state index is 11.8. The average Bonchev–Trinajstić information content (AvgIpc) is 2.19. The van der Waals surface area contributed by atoms with Crippen LogP contribution < -0.4 is 0 Å². The predicted octanol–water partition coefficient (Wildman–Crippen LogP) is 1.91. The quantitative estimate of drug-likeness (QED) is 0.599. The maximum Gasteiger partial charge on any atom is 0.343 e. The molecular weight excluding hydrogens is 230 g/mol. The standard InChI is InChI=1S/C11H12ClNO3/c1-2-15-10(14)11(5-6-16-11)8-3-4-9(12)13-7-8/h3-4,7H,2,5-6H2,1H3. The molecule has 0 radical (unpaired) electrons. The highest BCUT2D eigenvalue weighted by Gasteiger charge is 2.49. The Kier molecular flexibility index (Phi) is 3.12. The molecule has 0 amide bonds. The summed E-state index contributed by atoms with van der Waals surface area (Å²) in [6.45, 7) is 2.66. The summed E-state index contributed by atoms with van der Waals surface area (Å²) in [5, 5.41) is 0.391. The first-order chi connectivity index (χ1) is 7.69. The van der Waals surface area contributed by atoms with Gasteiger partial charge in [0.1, 0.15) is 5.15 Å². The van der Waals surface area contributed by atoms with Crippen LogP contribution in [-0.4, -0.2) is 24.2 Å². The fourth-order valence-electron chi connectivity index (χ4n) is 1.68. The van der Waals surface area contributed by atoms with Crippen molar-refractivity contribution >= 4 is 17.6 Å². The molecular formula is C11H12ClNO3. The first-order valence-corrected chi connectivity index (χ1v) is 5.50. The van der Waals surface area contributed by atoms with E-state index in [0.717, 1.165) is 0 Å². The van der Waals surface area contributed by atoms with Crippen LogP contribution >= 0.6 is 11.6 Å². The van der Waals surface area contributed by atoms with Crippen LogP contribution in [0, 0.1) is 0 Å². The van der Waals surface area contributed by atoms with Crippen molar-refractivity contribution in [3.8, 4) is 0 Å². The van der Waals surface area contributed by atoms with Gasteiger partial charge in [-0.3, -0.25) is 0 Å². The topological polar surface area (TPSA) is 48.4 Å². The summed E-state index contributed by atoms with van der Waals surface area (Å²) in [5.74, 6) is -0.356. The molecule has 1 aromatic rings. The molecule has 5 heteroatoms. The second kappa shape index (κ2) is 4.39. The lowest BCUT2D eigenvalue weighted by molar-refractivity contribution is -0.203. The molecule has 1 aliphatic heterocycles. The number of hydrogen-bond donors (Lipinski definition) is 0. The van der Waals surface area contributed by atoms with E-state index in [4.69, 9.17) is 21.1 Å². The molecule has 1 aromatic heterocycles. The van der Waals surface area contributed by atoms with Crippen LogP contribution in [0.4, 0.5) is 0 Å². The number of carbonyl (C=O) groups excluding carboxylic acids is 1. The Bertz CT molecular complexity index is 387. The van der Waals surface area contributed by atoms with E-state index in [2.05, 4.69) is 4.98 Å². The molecule has 4 nitrogen and oxygen atoms in total. The number of ether oxygens (including phenoxy) is 2. The van der Waals surface area contributed by atoms with Crippen LogP contribution in [0.5, 0.6) is 0 Å². The van der Waals surface area contributed by atoms with Crippen LogP contribution in [0.25, 0.3) is 0 Å². The van der Waals surface area contributed by atoms with E-state index >= 15 is 0 Å². The minimum Gasteiger partial charge on any atom is -0.464 e. The molecule has 1 fully saturated rings. The molecule has 0 aromatic carbocycles. The van der Waals surface area contributed by atoms with Gasteiger partial charge in [-0.05, 0) is 13.0 Å². The van der Waals surface area contributed by atoms with Crippen molar-refractivity contribution < 1.29 is 14.3 Å². The van der Waals surface area contributed by atoms with Gasteiger partial charge in [-0.1, -0.05) is 17.7 Å². The van der Waals surface area contributed by atoms with E-state index in [9.17, 15) is 4.79 Å². The normalized spacial score (nSPS) is 23.6.